The van der Waals surface area contributed by atoms with Gasteiger partial charge in [-0.15, -0.1) is 0 Å². The molecule has 1 N–H and O–H groups in total. The van der Waals surface area contributed by atoms with Gasteiger partial charge >= 0.3 is 97.4 Å². The van der Waals surface area contributed by atoms with Crippen molar-refractivity contribution in [3.63, 3.8) is 0 Å². The summed E-state index contributed by atoms with van der Waals surface area (Å²) in [5, 5.41) is 11.5. The Balaban J connectivity index is 0. The zero-order chi connectivity index (χ0) is 13.1. The minimum atomic E-state index is 0.517. The van der Waals surface area contributed by atoms with Gasteiger partial charge < -0.3 is 0 Å². The van der Waals surface area contributed by atoms with Gasteiger partial charge in [-0.2, -0.15) is 0 Å². The minimum absolute atomic E-state index is 0.517. The molecule has 0 aromatic rings. The molecule has 0 rings (SSSR count). The molecule has 0 saturated heterocycles. The zero-order valence-corrected chi connectivity index (χ0v) is 14.1. The number of hydrogen-bond donors (Lipinski definition) is 1. The molecular weight excluding hydrogens is 368 g/mol. The van der Waals surface area contributed by atoms with E-state index < -0.39 is 0 Å². The van der Waals surface area contributed by atoms with Crippen molar-refractivity contribution >= 4 is 10.1 Å². The van der Waals surface area contributed by atoms with E-state index in [0.717, 1.165) is 11.3 Å². The van der Waals surface area contributed by atoms with Crippen molar-refractivity contribution in [1.82, 2.24) is 0 Å². The van der Waals surface area contributed by atoms with Gasteiger partial charge in [-0.1, -0.05) is 13.8 Å². The molecule has 0 radical (unpaired) electrons. The molecule has 0 aromatic carbocycles. The summed E-state index contributed by atoms with van der Waals surface area (Å²) in [5.74, 6) is 0.517. The summed E-state index contributed by atoms with van der Waals surface area (Å²) in [7, 11) is 1.77. The predicted molar refractivity (Wildman–Crippen MR) is 71.1 cm³/mol. The Hall–Kier alpha value is -0.492. The van der Waals surface area contributed by atoms with E-state index in [1.54, 1.807) is 7.05 Å². The van der Waals surface area contributed by atoms with E-state index in [-0.39, 0.29) is 0 Å². The summed E-state index contributed by atoms with van der Waals surface area (Å²) >= 11 is 1.39. The van der Waals surface area contributed by atoms with E-state index in [9.17, 15) is 0 Å². The third-order valence-electron chi connectivity index (χ3n) is 1.68. The molecule has 0 aromatic heterocycles. The molecule has 0 unspecified atom stereocenters. The van der Waals surface area contributed by atoms with E-state index in [0.29, 0.717) is 5.92 Å². The maximum absolute atomic E-state index is 7.33. The summed E-state index contributed by atoms with van der Waals surface area (Å²) in [5.41, 5.74) is 1.85. The fourth-order valence-electron chi connectivity index (χ4n) is 0.924. The first kappa shape index (κ1) is 17.9. The standard InChI is InChI=1S/C11H17N2.C2H6.W/c1-5-10(8-12)11(13-4)7-6-9(2)3;1-2;/h6-9,12H,1-4H3;1-2H3;/q-1;;/b7-6-,11-10+,12-8?;;. The Labute approximate surface area is 111 Å². The van der Waals surface area contributed by atoms with Crippen molar-refractivity contribution in [3.8, 4) is 0 Å². The van der Waals surface area contributed by atoms with E-state index in [2.05, 4.69) is 25.2 Å². The van der Waals surface area contributed by atoms with Gasteiger partial charge in [0.05, 0.1) is 0 Å². The second kappa shape index (κ2) is 11.0. The molecule has 0 spiro atoms. The molecular formula is C13H23N2W-. The van der Waals surface area contributed by atoms with Crippen molar-refractivity contribution in [3.05, 3.63) is 28.7 Å². The van der Waals surface area contributed by atoms with Crippen molar-refractivity contribution in [1.29, 1.82) is 5.41 Å². The van der Waals surface area contributed by atoms with Crippen LogP contribution in [-0.2, 0) is 19.4 Å². The number of nitrogens with zero attached hydrogens (tertiary/aromatic N) is 1. The Bertz CT molecular complexity index is 276. The molecule has 0 heterocycles. The summed E-state index contributed by atoms with van der Waals surface area (Å²) in [4.78, 5) is 0. The molecule has 0 aliphatic carbocycles. The van der Waals surface area contributed by atoms with Gasteiger partial charge in [-0.3, -0.25) is 0 Å². The molecule has 0 aliphatic rings. The molecule has 0 fully saturated rings. The first-order valence-electron chi connectivity index (χ1n) is 5.56. The second-order valence-electron chi connectivity index (χ2n) is 3.33. The van der Waals surface area contributed by atoms with Crippen LogP contribution in [-0.4, -0.2) is 17.2 Å². The fraction of sp³-hybridized carbons (Fsp3) is 0.538. The molecule has 0 saturated carbocycles. The van der Waals surface area contributed by atoms with Crippen LogP contribution in [0, 0.1) is 11.3 Å². The van der Waals surface area contributed by atoms with Crippen LogP contribution >= 0.6 is 0 Å². The first-order valence-corrected chi connectivity index (χ1v) is 7.03. The SMILES string of the molecule is CC.C[N-]C(/C=C\C(C)C)=C(/C=N)[C](C)=[W]. The van der Waals surface area contributed by atoms with Gasteiger partial charge in [0, 0.05) is 0 Å². The van der Waals surface area contributed by atoms with Crippen molar-refractivity contribution in [2.45, 2.75) is 34.6 Å². The molecule has 3 heteroatoms. The Morgan fingerprint density at radius 3 is 2.06 bits per heavy atom. The van der Waals surface area contributed by atoms with E-state index in [4.69, 9.17) is 5.41 Å². The Kier molecular flexibility index (Phi) is 12.3. The molecule has 0 amide bonds. The summed E-state index contributed by atoms with van der Waals surface area (Å²) in [6.45, 7) is 10.3. The van der Waals surface area contributed by atoms with Crippen LogP contribution in [0.5, 0.6) is 0 Å². The van der Waals surface area contributed by atoms with Crippen molar-refractivity contribution in [2.24, 2.45) is 5.92 Å². The fourth-order valence-corrected chi connectivity index (χ4v) is 1.51. The Morgan fingerprint density at radius 2 is 1.81 bits per heavy atom. The van der Waals surface area contributed by atoms with E-state index >= 15 is 0 Å². The second-order valence-corrected chi connectivity index (χ2v) is 5.53. The van der Waals surface area contributed by atoms with Crippen LogP contribution in [0.4, 0.5) is 0 Å². The van der Waals surface area contributed by atoms with Crippen LogP contribution in [0.15, 0.2) is 23.4 Å². The van der Waals surface area contributed by atoms with Crippen LogP contribution in [0.3, 0.4) is 0 Å². The van der Waals surface area contributed by atoms with E-state index in [1.165, 1.54) is 29.5 Å². The van der Waals surface area contributed by atoms with Gasteiger partial charge in [0.15, 0.2) is 0 Å². The molecule has 92 valence electrons. The van der Waals surface area contributed by atoms with Gasteiger partial charge in [0.1, 0.15) is 0 Å². The maximum atomic E-state index is 7.33. The average molecular weight is 391 g/mol. The number of rotatable bonds is 5. The molecule has 0 atom stereocenters. The summed E-state index contributed by atoms with van der Waals surface area (Å²) in [6, 6.07) is 0. The average Bonchev–Trinajstić information content (AvgIpc) is 2.26. The number of hydrogen-bond acceptors (Lipinski definition) is 1. The third kappa shape index (κ3) is 7.76. The predicted octanol–water partition coefficient (Wildman–Crippen LogP) is 3.87. The molecule has 2 nitrogen and oxygen atoms in total. The number of nitrogens with one attached hydrogen (secondary N) is 1. The number of likely N-dealkylation sites (N-methyl/N-ethyl adjacent to an activating group) is 1. The first-order chi connectivity index (χ1) is 7.52. The van der Waals surface area contributed by atoms with Crippen molar-refractivity contribution < 1.29 is 19.4 Å². The van der Waals surface area contributed by atoms with Crippen LogP contribution in [0.25, 0.3) is 5.32 Å². The summed E-state index contributed by atoms with van der Waals surface area (Å²) in [6.07, 6.45) is 5.48. The molecule has 16 heavy (non-hydrogen) atoms. The zero-order valence-electron chi connectivity index (χ0n) is 11.2. The summed E-state index contributed by atoms with van der Waals surface area (Å²) < 4.78 is 1.20. The molecule has 0 aliphatic heterocycles. The topological polar surface area (TPSA) is 38.0 Å². The van der Waals surface area contributed by atoms with Gasteiger partial charge in [0.2, 0.25) is 0 Å². The number of allylic oxidation sites excluding steroid dienone is 3. The van der Waals surface area contributed by atoms with Gasteiger partial charge in [-0.25, -0.2) is 0 Å². The van der Waals surface area contributed by atoms with E-state index in [1.807, 2.05) is 26.8 Å². The quantitative estimate of drug-likeness (QED) is 0.546. The van der Waals surface area contributed by atoms with Crippen LogP contribution < -0.4 is 0 Å². The normalized spacial score (nSPS) is 11.7. The van der Waals surface area contributed by atoms with Crippen molar-refractivity contribution in [2.75, 3.05) is 7.05 Å². The van der Waals surface area contributed by atoms with Gasteiger partial charge in [0.25, 0.3) is 0 Å². The Morgan fingerprint density at radius 1 is 1.31 bits per heavy atom. The van der Waals surface area contributed by atoms with Crippen LogP contribution in [0.1, 0.15) is 34.6 Å². The molecule has 0 bridgehead atoms. The van der Waals surface area contributed by atoms with Crippen LogP contribution in [0.2, 0.25) is 0 Å². The monoisotopic (exact) mass is 391 g/mol. The van der Waals surface area contributed by atoms with Gasteiger partial charge in [-0.05, 0) is 0 Å². The third-order valence-corrected chi connectivity index (χ3v) is 2.47.